The second kappa shape index (κ2) is 5.63. The second-order valence-electron chi connectivity index (χ2n) is 3.76. The molecule has 0 saturated carbocycles. The Morgan fingerprint density at radius 2 is 2.39 bits per heavy atom. The number of aromatic nitrogens is 3. The van der Waals surface area contributed by atoms with Gasteiger partial charge in [-0.05, 0) is 6.42 Å². The van der Waals surface area contributed by atoms with Crippen LogP contribution >= 0.6 is 11.3 Å². The van der Waals surface area contributed by atoms with E-state index in [1.54, 1.807) is 16.3 Å². The number of carbonyl (C=O) groups is 1. The lowest BCUT2D eigenvalue weighted by molar-refractivity contribution is 0.0949. The zero-order valence-electron chi connectivity index (χ0n) is 10.3. The Hall–Kier alpha value is -1.89. The topological polar surface area (TPSA) is 71.8 Å². The summed E-state index contributed by atoms with van der Waals surface area (Å²) in [4.78, 5) is 15.9. The van der Waals surface area contributed by atoms with Crippen molar-refractivity contribution in [3.63, 3.8) is 0 Å². The molecule has 0 radical (unpaired) electrons. The first-order valence-electron chi connectivity index (χ1n) is 5.69. The van der Waals surface area contributed by atoms with Crippen molar-refractivity contribution in [2.24, 2.45) is 7.05 Å². The van der Waals surface area contributed by atoms with E-state index in [4.69, 9.17) is 0 Å². The molecule has 0 unspecified atom stereocenters. The third kappa shape index (κ3) is 2.86. The van der Waals surface area contributed by atoms with Gasteiger partial charge in [-0.2, -0.15) is 5.10 Å². The van der Waals surface area contributed by atoms with Crippen LogP contribution in [0.3, 0.4) is 0 Å². The number of amides is 1. The van der Waals surface area contributed by atoms with Crippen LogP contribution in [0.15, 0.2) is 17.6 Å². The van der Waals surface area contributed by atoms with Crippen LogP contribution < -0.4 is 10.6 Å². The molecule has 96 valence electrons. The number of aryl methyl sites for hydroxylation is 1. The smallest absolute Gasteiger partial charge is 0.270 e. The van der Waals surface area contributed by atoms with E-state index in [1.165, 1.54) is 11.3 Å². The van der Waals surface area contributed by atoms with Crippen LogP contribution in [0.25, 0.3) is 0 Å². The molecule has 0 aliphatic carbocycles. The number of nitrogens with zero attached hydrogens (tertiary/aromatic N) is 3. The monoisotopic (exact) mass is 265 g/mol. The molecule has 6 nitrogen and oxygen atoms in total. The molecule has 1 amide bonds. The standard InChI is InChI=1S/C11H15N5OS/c1-3-5-12-10(17)8-7-18-11(14-8)15-9-4-6-13-16(9)2/h4,6-7H,3,5H2,1-2H3,(H,12,17)(H,14,15). The maximum Gasteiger partial charge on any atom is 0.270 e. The maximum absolute atomic E-state index is 11.7. The zero-order chi connectivity index (χ0) is 13.0. The SMILES string of the molecule is CCCNC(=O)c1csc(Nc2ccnn2C)n1. The molecule has 0 fully saturated rings. The van der Waals surface area contributed by atoms with Gasteiger partial charge in [-0.15, -0.1) is 11.3 Å². The highest BCUT2D eigenvalue weighted by Gasteiger charge is 2.10. The van der Waals surface area contributed by atoms with Gasteiger partial charge in [0.05, 0.1) is 6.20 Å². The molecule has 2 rings (SSSR count). The van der Waals surface area contributed by atoms with Crippen LogP contribution in [0.5, 0.6) is 0 Å². The molecule has 0 bridgehead atoms. The highest BCUT2D eigenvalue weighted by molar-refractivity contribution is 7.14. The Bertz CT molecular complexity index is 533. The summed E-state index contributed by atoms with van der Waals surface area (Å²) >= 11 is 1.39. The lowest BCUT2D eigenvalue weighted by Gasteiger charge is -2.02. The third-order valence-corrected chi connectivity index (χ3v) is 3.09. The summed E-state index contributed by atoms with van der Waals surface area (Å²) in [6.45, 7) is 2.68. The first-order chi connectivity index (χ1) is 8.70. The average molecular weight is 265 g/mol. The number of hydrogen-bond donors (Lipinski definition) is 2. The molecular formula is C11H15N5OS. The van der Waals surface area contributed by atoms with E-state index in [0.717, 1.165) is 12.2 Å². The van der Waals surface area contributed by atoms with Crippen molar-refractivity contribution in [1.82, 2.24) is 20.1 Å². The molecule has 18 heavy (non-hydrogen) atoms. The highest BCUT2D eigenvalue weighted by Crippen LogP contribution is 2.20. The molecule has 2 N–H and O–H groups in total. The second-order valence-corrected chi connectivity index (χ2v) is 4.62. The molecule has 0 atom stereocenters. The fourth-order valence-electron chi connectivity index (χ4n) is 1.37. The van der Waals surface area contributed by atoms with Crippen molar-refractivity contribution in [2.75, 3.05) is 11.9 Å². The van der Waals surface area contributed by atoms with Gasteiger partial charge in [0.25, 0.3) is 5.91 Å². The minimum absolute atomic E-state index is 0.133. The lowest BCUT2D eigenvalue weighted by Crippen LogP contribution is -2.24. The summed E-state index contributed by atoms with van der Waals surface area (Å²) in [6, 6.07) is 1.85. The van der Waals surface area contributed by atoms with E-state index in [9.17, 15) is 4.79 Å². The number of rotatable bonds is 5. The molecule has 7 heteroatoms. The van der Waals surface area contributed by atoms with Crippen molar-refractivity contribution in [2.45, 2.75) is 13.3 Å². The molecular weight excluding hydrogens is 250 g/mol. The van der Waals surface area contributed by atoms with Crippen LogP contribution in [-0.4, -0.2) is 27.2 Å². The van der Waals surface area contributed by atoms with Gasteiger partial charge in [-0.3, -0.25) is 9.48 Å². The zero-order valence-corrected chi connectivity index (χ0v) is 11.1. The van der Waals surface area contributed by atoms with Crippen LogP contribution in [-0.2, 0) is 7.05 Å². The Balaban J connectivity index is 2.02. The molecule has 2 aromatic rings. The van der Waals surface area contributed by atoms with Crippen molar-refractivity contribution < 1.29 is 4.79 Å². The minimum Gasteiger partial charge on any atom is -0.351 e. The predicted octanol–water partition coefficient (Wildman–Crippen LogP) is 1.76. The fraction of sp³-hybridized carbons (Fsp3) is 0.364. The first-order valence-corrected chi connectivity index (χ1v) is 6.57. The number of thiazole rings is 1. The Kier molecular flexibility index (Phi) is 3.93. The number of nitrogens with one attached hydrogen (secondary N) is 2. The summed E-state index contributed by atoms with van der Waals surface area (Å²) in [5, 5.41) is 12.4. The summed E-state index contributed by atoms with van der Waals surface area (Å²) in [6.07, 6.45) is 2.61. The largest absolute Gasteiger partial charge is 0.351 e. The van der Waals surface area contributed by atoms with Gasteiger partial charge in [0, 0.05) is 25.0 Å². The molecule has 2 heterocycles. The molecule has 0 aromatic carbocycles. The Morgan fingerprint density at radius 1 is 1.56 bits per heavy atom. The van der Waals surface area contributed by atoms with E-state index in [-0.39, 0.29) is 5.91 Å². The quantitative estimate of drug-likeness (QED) is 0.864. The van der Waals surface area contributed by atoms with Crippen molar-refractivity contribution in [3.05, 3.63) is 23.3 Å². The summed E-state index contributed by atoms with van der Waals surface area (Å²) in [7, 11) is 1.84. The summed E-state index contributed by atoms with van der Waals surface area (Å²) in [5.41, 5.74) is 0.443. The molecule has 2 aromatic heterocycles. The van der Waals surface area contributed by atoms with Gasteiger partial charge >= 0.3 is 0 Å². The van der Waals surface area contributed by atoms with E-state index in [1.807, 2.05) is 20.0 Å². The average Bonchev–Trinajstić information content (AvgIpc) is 2.97. The maximum atomic E-state index is 11.7. The van der Waals surface area contributed by atoms with Gasteiger partial charge in [-0.25, -0.2) is 4.98 Å². The third-order valence-electron chi connectivity index (χ3n) is 2.33. The van der Waals surface area contributed by atoms with E-state index < -0.39 is 0 Å². The van der Waals surface area contributed by atoms with E-state index in [0.29, 0.717) is 17.4 Å². The Labute approximate surface area is 109 Å². The van der Waals surface area contributed by atoms with Crippen LogP contribution in [0.1, 0.15) is 23.8 Å². The molecule has 0 saturated heterocycles. The van der Waals surface area contributed by atoms with Crippen molar-refractivity contribution in [1.29, 1.82) is 0 Å². The molecule has 0 aliphatic heterocycles. The number of carbonyl (C=O) groups excluding carboxylic acids is 1. The summed E-state index contributed by atoms with van der Waals surface area (Å²) in [5.74, 6) is 0.705. The molecule has 0 spiro atoms. The van der Waals surface area contributed by atoms with Crippen LogP contribution in [0.4, 0.5) is 10.9 Å². The van der Waals surface area contributed by atoms with Crippen LogP contribution in [0.2, 0.25) is 0 Å². The van der Waals surface area contributed by atoms with Gasteiger partial charge < -0.3 is 10.6 Å². The highest BCUT2D eigenvalue weighted by atomic mass is 32.1. The fourth-order valence-corrected chi connectivity index (χ4v) is 2.07. The molecule has 0 aliphatic rings. The van der Waals surface area contributed by atoms with E-state index in [2.05, 4.69) is 20.7 Å². The van der Waals surface area contributed by atoms with Crippen LogP contribution in [0, 0.1) is 0 Å². The van der Waals surface area contributed by atoms with E-state index >= 15 is 0 Å². The summed E-state index contributed by atoms with van der Waals surface area (Å²) < 4.78 is 1.71. The Morgan fingerprint density at radius 3 is 3.06 bits per heavy atom. The number of hydrogen-bond acceptors (Lipinski definition) is 5. The normalized spacial score (nSPS) is 10.3. The van der Waals surface area contributed by atoms with Gasteiger partial charge in [0.1, 0.15) is 11.5 Å². The lowest BCUT2D eigenvalue weighted by atomic mass is 10.4. The van der Waals surface area contributed by atoms with Crippen molar-refractivity contribution in [3.8, 4) is 0 Å². The van der Waals surface area contributed by atoms with Gasteiger partial charge in [0.2, 0.25) is 0 Å². The van der Waals surface area contributed by atoms with Crippen molar-refractivity contribution >= 4 is 28.2 Å². The minimum atomic E-state index is -0.133. The number of anilines is 2. The van der Waals surface area contributed by atoms with Gasteiger partial charge in [0.15, 0.2) is 5.13 Å². The predicted molar refractivity (Wildman–Crippen MR) is 71.2 cm³/mol. The first kappa shape index (κ1) is 12.6. The van der Waals surface area contributed by atoms with Gasteiger partial charge in [-0.1, -0.05) is 6.92 Å².